The summed E-state index contributed by atoms with van der Waals surface area (Å²) in [5, 5.41) is 2.14. The van der Waals surface area contributed by atoms with Crippen molar-refractivity contribution in [1.29, 1.82) is 0 Å². The number of methoxy groups -OCH3 is 1. The molecule has 29 heavy (non-hydrogen) atoms. The Balaban J connectivity index is 1.63. The second-order valence-corrected chi connectivity index (χ2v) is 7.68. The molecule has 152 valence electrons. The molecule has 2 aromatic carbocycles. The summed E-state index contributed by atoms with van der Waals surface area (Å²) >= 11 is 0. The van der Waals surface area contributed by atoms with E-state index < -0.39 is 0 Å². The third kappa shape index (κ3) is 5.69. The first-order chi connectivity index (χ1) is 14.1. The van der Waals surface area contributed by atoms with Crippen molar-refractivity contribution in [1.82, 2.24) is 9.80 Å². The normalized spacial score (nSPS) is 16.8. The summed E-state index contributed by atoms with van der Waals surface area (Å²) in [7, 11) is 1.74. The van der Waals surface area contributed by atoms with Gasteiger partial charge in [-0.15, -0.1) is 0 Å². The predicted octanol–water partition coefficient (Wildman–Crippen LogP) is 3.29. The first kappa shape index (κ1) is 21.1. The van der Waals surface area contributed by atoms with Gasteiger partial charge in [0.1, 0.15) is 5.75 Å². The van der Waals surface area contributed by atoms with E-state index in [-0.39, 0.29) is 0 Å². The number of allylic oxidation sites excluding steroid dienone is 1. The van der Waals surface area contributed by atoms with Crippen LogP contribution < -0.4 is 15.2 Å². The van der Waals surface area contributed by atoms with Gasteiger partial charge in [0.25, 0.3) is 0 Å². The maximum Gasteiger partial charge on any atom is 0.123 e. The number of hydrogen-bond acceptors (Lipinski definition) is 3. The summed E-state index contributed by atoms with van der Waals surface area (Å²) in [6, 6.07) is 14.6. The summed E-state index contributed by atoms with van der Waals surface area (Å²) in [6.07, 6.45) is 6.15. The Morgan fingerprint density at radius 2 is 1.72 bits per heavy atom. The van der Waals surface area contributed by atoms with E-state index in [0.29, 0.717) is 0 Å². The van der Waals surface area contributed by atoms with Crippen LogP contribution in [-0.2, 0) is 6.54 Å². The molecular weight excluding hydrogens is 356 g/mol. The average molecular weight is 389 g/mol. The fourth-order valence-corrected chi connectivity index (χ4v) is 3.93. The quantitative estimate of drug-likeness (QED) is 0.724. The molecule has 1 aliphatic heterocycles. The van der Waals surface area contributed by atoms with Crippen LogP contribution in [0.2, 0.25) is 0 Å². The molecule has 2 aromatic rings. The molecule has 1 aliphatic rings. The maximum absolute atomic E-state index is 5.63. The van der Waals surface area contributed by atoms with Crippen molar-refractivity contribution in [2.75, 3.05) is 39.8 Å². The van der Waals surface area contributed by atoms with Crippen LogP contribution in [0.5, 0.6) is 5.75 Å². The lowest BCUT2D eigenvalue weighted by molar-refractivity contribution is 0.134. The van der Waals surface area contributed by atoms with Crippen LogP contribution in [0.15, 0.2) is 60.7 Å². The summed E-state index contributed by atoms with van der Waals surface area (Å²) in [6.45, 7) is 16.4. The van der Waals surface area contributed by atoms with Crippen molar-refractivity contribution in [3.05, 3.63) is 82.3 Å². The Hall–Kier alpha value is -2.62. The van der Waals surface area contributed by atoms with E-state index in [1.165, 1.54) is 16.7 Å². The van der Waals surface area contributed by atoms with E-state index in [1.807, 2.05) is 24.3 Å². The molecule has 0 bridgehead atoms. The monoisotopic (exact) mass is 388 g/mol. The molecule has 0 spiro atoms. The van der Waals surface area contributed by atoms with Gasteiger partial charge in [-0.1, -0.05) is 73.4 Å². The summed E-state index contributed by atoms with van der Waals surface area (Å²) in [5.74, 6) is 0.926. The topological polar surface area (TPSA) is 15.7 Å². The van der Waals surface area contributed by atoms with Gasteiger partial charge >= 0.3 is 0 Å². The molecule has 0 amide bonds. The zero-order chi connectivity index (χ0) is 20.6. The highest BCUT2D eigenvalue weighted by Gasteiger charge is 2.19. The molecule has 3 rings (SSSR count). The maximum atomic E-state index is 5.63. The smallest absolute Gasteiger partial charge is 0.123 e. The minimum Gasteiger partial charge on any atom is -0.496 e. The molecule has 0 radical (unpaired) electrons. The summed E-state index contributed by atoms with van der Waals surface area (Å²) < 4.78 is 5.63. The van der Waals surface area contributed by atoms with Gasteiger partial charge in [-0.2, -0.15) is 0 Å². The van der Waals surface area contributed by atoms with E-state index in [9.17, 15) is 0 Å². The minimum absolute atomic E-state index is 0.874. The molecule has 0 N–H and O–H groups in total. The van der Waals surface area contributed by atoms with Gasteiger partial charge in [0.15, 0.2) is 0 Å². The molecule has 0 aromatic heterocycles. The van der Waals surface area contributed by atoms with E-state index >= 15 is 0 Å². The lowest BCUT2D eigenvalue weighted by Crippen LogP contribution is -2.47. The van der Waals surface area contributed by atoms with E-state index in [1.54, 1.807) is 7.11 Å². The van der Waals surface area contributed by atoms with Gasteiger partial charge in [-0.05, 0) is 29.0 Å². The largest absolute Gasteiger partial charge is 0.496 e. The second-order valence-electron chi connectivity index (χ2n) is 7.68. The molecule has 1 heterocycles. The van der Waals surface area contributed by atoms with Gasteiger partial charge in [-0.3, -0.25) is 9.80 Å². The predicted molar refractivity (Wildman–Crippen MR) is 124 cm³/mol. The molecule has 0 saturated carbocycles. The first-order valence-electron chi connectivity index (χ1n) is 10.2. The highest BCUT2D eigenvalue weighted by Crippen LogP contribution is 2.16. The Morgan fingerprint density at radius 1 is 1.03 bits per heavy atom. The van der Waals surface area contributed by atoms with Crippen LogP contribution in [0.3, 0.4) is 0 Å². The molecule has 3 nitrogen and oxygen atoms in total. The number of rotatable bonds is 7. The van der Waals surface area contributed by atoms with Gasteiger partial charge < -0.3 is 4.74 Å². The van der Waals surface area contributed by atoms with Crippen molar-refractivity contribution in [2.24, 2.45) is 0 Å². The molecule has 3 heteroatoms. The van der Waals surface area contributed by atoms with Gasteiger partial charge in [0.2, 0.25) is 0 Å². The van der Waals surface area contributed by atoms with Gasteiger partial charge in [-0.25, -0.2) is 0 Å². The van der Waals surface area contributed by atoms with Crippen LogP contribution in [0.4, 0.5) is 0 Å². The zero-order valence-corrected chi connectivity index (χ0v) is 17.7. The Kier molecular flexibility index (Phi) is 7.45. The molecule has 0 aliphatic carbocycles. The molecular formula is C26H32N2O. The highest BCUT2D eigenvalue weighted by atomic mass is 16.5. The van der Waals surface area contributed by atoms with Crippen LogP contribution >= 0.6 is 0 Å². The van der Waals surface area contributed by atoms with E-state index in [2.05, 4.69) is 66.3 Å². The third-order valence-corrected chi connectivity index (χ3v) is 5.44. The Bertz CT molecular complexity index is 954. The summed E-state index contributed by atoms with van der Waals surface area (Å²) in [4.78, 5) is 5.04. The zero-order valence-electron chi connectivity index (χ0n) is 17.7. The van der Waals surface area contributed by atoms with E-state index in [4.69, 9.17) is 4.74 Å². The second kappa shape index (κ2) is 10.2. The lowest BCUT2D eigenvalue weighted by atomic mass is 10.1. The number of nitrogens with zero attached hydrogens (tertiary/aromatic N) is 2. The SMILES string of the molecule is C=C/C=c1/c(CN2CCN(C/C(C)=C/c3ccccc3)CC2)c(OC)ccc1=C. The third-order valence-electron chi connectivity index (χ3n) is 5.44. The molecule has 0 unspecified atom stereocenters. The van der Waals surface area contributed by atoms with Gasteiger partial charge in [0, 0.05) is 44.8 Å². The highest BCUT2D eigenvalue weighted by molar-refractivity contribution is 5.52. The lowest BCUT2D eigenvalue weighted by Gasteiger charge is -2.35. The van der Waals surface area contributed by atoms with Crippen molar-refractivity contribution in [3.63, 3.8) is 0 Å². The minimum atomic E-state index is 0.874. The van der Waals surface area contributed by atoms with Crippen molar-refractivity contribution in [2.45, 2.75) is 13.5 Å². The average Bonchev–Trinajstić information content (AvgIpc) is 2.73. The summed E-state index contributed by atoms with van der Waals surface area (Å²) in [5.41, 5.74) is 3.88. The molecule has 1 saturated heterocycles. The van der Waals surface area contributed by atoms with E-state index in [0.717, 1.165) is 55.5 Å². The van der Waals surface area contributed by atoms with Crippen molar-refractivity contribution >= 4 is 18.7 Å². The fourth-order valence-electron chi connectivity index (χ4n) is 3.93. The number of benzene rings is 2. The Labute approximate surface area is 174 Å². The molecule has 0 atom stereocenters. The fraction of sp³-hybridized carbons (Fsp3) is 0.308. The Morgan fingerprint density at radius 3 is 2.38 bits per heavy atom. The van der Waals surface area contributed by atoms with Crippen LogP contribution in [-0.4, -0.2) is 49.6 Å². The van der Waals surface area contributed by atoms with Crippen LogP contribution in [0, 0.1) is 0 Å². The number of hydrogen-bond donors (Lipinski definition) is 0. The van der Waals surface area contributed by atoms with Gasteiger partial charge in [0.05, 0.1) is 7.11 Å². The van der Waals surface area contributed by atoms with Crippen LogP contribution in [0.1, 0.15) is 18.1 Å². The standard InChI is InChI=1S/C26H32N2O/c1-5-9-24-22(3)12-13-26(29-4)25(24)20-28-16-14-27(15-17-28)19-21(2)18-23-10-7-6-8-11-23/h5-13,18H,1,3,14-17,19-20H2,2,4H3/b21-18+,24-9+. The number of piperazine rings is 1. The van der Waals surface area contributed by atoms with Crippen LogP contribution in [0.25, 0.3) is 18.7 Å². The molecule has 1 fully saturated rings. The first-order valence-corrected chi connectivity index (χ1v) is 10.2. The number of ether oxygens (including phenoxy) is 1. The van der Waals surface area contributed by atoms with Crippen molar-refractivity contribution in [3.8, 4) is 5.75 Å². The van der Waals surface area contributed by atoms with Crippen molar-refractivity contribution < 1.29 is 4.74 Å².